The van der Waals surface area contributed by atoms with Crippen LogP contribution in [0.3, 0.4) is 0 Å². The smallest absolute Gasteiger partial charge is 0.0304 e. The Morgan fingerprint density at radius 2 is 1.43 bits per heavy atom. The molecular weight excluding hydrogens is 256 g/mol. The average molecular weight is 297 g/mol. The van der Waals surface area contributed by atoms with E-state index in [9.17, 15) is 0 Å². The van der Waals surface area contributed by atoms with Gasteiger partial charge in [-0.1, -0.05) is 58.8 Å². The lowest BCUT2D eigenvalue weighted by molar-refractivity contribution is 0.0230. The lowest BCUT2D eigenvalue weighted by atomic mass is 9.87. The fourth-order valence-electron chi connectivity index (χ4n) is 3.40. The van der Waals surface area contributed by atoms with Crippen molar-refractivity contribution in [2.24, 2.45) is 0 Å². The Kier molecular flexibility index (Phi) is 8.26. The molecule has 2 nitrogen and oxygen atoms in total. The van der Waals surface area contributed by atoms with Gasteiger partial charge in [0, 0.05) is 24.2 Å². The van der Waals surface area contributed by atoms with Crippen molar-refractivity contribution in [3.63, 3.8) is 0 Å². The summed E-state index contributed by atoms with van der Waals surface area (Å²) in [6.07, 6.45) is 12.6. The molecule has 1 aliphatic heterocycles. The normalized spacial score (nSPS) is 26.1. The molecule has 1 unspecified atom stereocenters. The summed E-state index contributed by atoms with van der Waals surface area (Å²) in [4.78, 5) is 2.75. The molecule has 1 saturated heterocycles. The van der Waals surface area contributed by atoms with Crippen LogP contribution in [0.5, 0.6) is 0 Å². The monoisotopic (exact) mass is 296 g/mol. The van der Waals surface area contributed by atoms with Gasteiger partial charge in [0.25, 0.3) is 0 Å². The number of hydrogen-bond acceptors (Lipinski definition) is 2. The van der Waals surface area contributed by atoms with Gasteiger partial charge >= 0.3 is 0 Å². The van der Waals surface area contributed by atoms with Crippen LogP contribution in [0, 0.1) is 0 Å². The summed E-state index contributed by atoms with van der Waals surface area (Å²) >= 11 is 0. The number of rotatable bonds is 10. The summed E-state index contributed by atoms with van der Waals surface area (Å²) in [5, 5.41) is 3.72. The quantitative estimate of drug-likeness (QED) is 0.572. The van der Waals surface area contributed by atoms with Gasteiger partial charge in [-0.2, -0.15) is 0 Å². The zero-order chi connectivity index (χ0) is 15.8. The Morgan fingerprint density at radius 1 is 0.857 bits per heavy atom. The van der Waals surface area contributed by atoms with Gasteiger partial charge in [0.15, 0.2) is 0 Å². The molecule has 1 N–H and O–H groups in total. The Labute approximate surface area is 134 Å². The first-order chi connectivity index (χ1) is 9.93. The van der Waals surface area contributed by atoms with Gasteiger partial charge in [0.05, 0.1) is 0 Å². The summed E-state index contributed by atoms with van der Waals surface area (Å²) < 4.78 is 0. The van der Waals surface area contributed by atoms with E-state index in [1.807, 2.05) is 0 Å². The van der Waals surface area contributed by atoms with Gasteiger partial charge in [-0.25, -0.2) is 0 Å². The van der Waals surface area contributed by atoms with Crippen LogP contribution in [0.25, 0.3) is 0 Å². The minimum atomic E-state index is 0.273. The zero-order valence-electron chi connectivity index (χ0n) is 15.4. The molecule has 1 rings (SSSR count). The van der Waals surface area contributed by atoms with E-state index in [2.05, 4.69) is 44.8 Å². The molecule has 0 aromatic carbocycles. The van der Waals surface area contributed by atoms with E-state index in [0.717, 1.165) is 6.54 Å². The minimum Gasteiger partial charge on any atom is -0.309 e. The van der Waals surface area contributed by atoms with E-state index in [1.165, 1.54) is 70.9 Å². The topological polar surface area (TPSA) is 15.3 Å². The molecule has 0 amide bonds. The van der Waals surface area contributed by atoms with Crippen LogP contribution >= 0.6 is 0 Å². The van der Waals surface area contributed by atoms with Gasteiger partial charge in [0.1, 0.15) is 0 Å². The molecule has 0 aromatic heterocycles. The van der Waals surface area contributed by atoms with Crippen LogP contribution in [0.15, 0.2) is 0 Å². The van der Waals surface area contributed by atoms with Crippen molar-refractivity contribution in [1.82, 2.24) is 10.2 Å². The van der Waals surface area contributed by atoms with Gasteiger partial charge in [-0.15, -0.1) is 0 Å². The lowest BCUT2D eigenvalue weighted by Gasteiger charge is -2.51. The minimum absolute atomic E-state index is 0.273. The highest BCUT2D eigenvalue weighted by Gasteiger charge is 2.38. The van der Waals surface area contributed by atoms with E-state index in [1.54, 1.807) is 0 Å². The third kappa shape index (κ3) is 6.69. The first-order valence-electron chi connectivity index (χ1n) is 9.43. The van der Waals surface area contributed by atoms with Crippen molar-refractivity contribution in [1.29, 1.82) is 0 Å². The first kappa shape index (κ1) is 19.0. The Balaban J connectivity index is 2.21. The fraction of sp³-hybridized carbons (Fsp3) is 1.00. The molecule has 0 radical (unpaired) electrons. The highest BCUT2D eigenvalue weighted by Crippen LogP contribution is 2.27. The molecule has 21 heavy (non-hydrogen) atoms. The molecule has 1 fully saturated rings. The molecule has 1 aliphatic rings. The van der Waals surface area contributed by atoms with Gasteiger partial charge < -0.3 is 5.32 Å². The molecule has 0 aromatic rings. The molecule has 1 heterocycles. The van der Waals surface area contributed by atoms with Crippen LogP contribution in [-0.2, 0) is 0 Å². The van der Waals surface area contributed by atoms with E-state index < -0.39 is 0 Å². The van der Waals surface area contributed by atoms with Crippen molar-refractivity contribution in [3.05, 3.63) is 0 Å². The molecule has 1 atom stereocenters. The highest BCUT2D eigenvalue weighted by molar-refractivity contribution is 4.99. The van der Waals surface area contributed by atoms with Gasteiger partial charge in [-0.05, 0) is 40.2 Å². The van der Waals surface area contributed by atoms with E-state index in [4.69, 9.17) is 0 Å². The first-order valence-corrected chi connectivity index (χ1v) is 9.43. The van der Waals surface area contributed by atoms with Crippen molar-refractivity contribution >= 4 is 0 Å². The summed E-state index contributed by atoms with van der Waals surface area (Å²) in [5.41, 5.74) is 0.630. The predicted octanol–water partition coefficient (Wildman–Crippen LogP) is 4.98. The second kappa shape index (κ2) is 9.15. The predicted molar refractivity (Wildman–Crippen MR) is 95.0 cm³/mol. The lowest BCUT2D eigenvalue weighted by Crippen LogP contribution is -2.67. The second-order valence-corrected chi connectivity index (χ2v) is 7.98. The third-order valence-corrected chi connectivity index (χ3v) is 5.34. The number of hydrogen-bond donors (Lipinski definition) is 1. The maximum absolute atomic E-state index is 3.72. The molecular formula is C19H40N2. The maximum Gasteiger partial charge on any atom is 0.0304 e. The van der Waals surface area contributed by atoms with Crippen LogP contribution in [0.2, 0.25) is 0 Å². The Morgan fingerprint density at radius 3 is 2.00 bits per heavy atom. The van der Waals surface area contributed by atoms with Crippen molar-refractivity contribution in [2.45, 2.75) is 103 Å². The fourth-order valence-corrected chi connectivity index (χ4v) is 3.40. The van der Waals surface area contributed by atoms with Crippen molar-refractivity contribution in [2.75, 3.05) is 19.6 Å². The molecule has 0 aliphatic carbocycles. The number of nitrogens with one attached hydrogen (secondary N) is 1. The third-order valence-electron chi connectivity index (χ3n) is 5.34. The SMILES string of the molecule is CCCCCCCCCCN1CC(C)(C)NCC1(C)CC. The zero-order valence-corrected chi connectivity index (χ0v) is 15.4. The summed E-state index contributed by atoms with van der Waals surface area (Å²) in [6.45, 7) is 15.3. The molecule has 0 spiro atoms. The standard InChI is InChI=1S/C19H40N2/c1-6-8-9-10-11-12-13-14-15-21-17-18(3,4)20-16-19(21,5)7-2/h20H,6-17H2,1-5H3. The number of nitrogens with zero attached hydrogens (tertiary/aromatic N) is 1. The Hall–Kier alpha value is -0.0800. The summed E-state index contributed by atoms with van der Waals surface area (Å²) in [7, 11) is 0. The van der Waals surface area contributed by atoms with Crippen LogP contribution in [0.4, 0.5) is 0 Å². The Bertz CT molecular complexity index is 275. The van der Waals surface area contributed by atoms with Crippen molar-refractivity contribution in [3.8, 4) is 0 Å². The number of piperazine rings is 1. The van der Waals surface area contributed by atoms with Gasteiger partial charge in [-0.3, -0.25) is 4.90 Å². The molecule has 0 bridgehead atoms. The highest BCUT2D eigenvalue weighted by atomic mass is 15.3. The van der Waals surface area contributed by atoms with Crippen molar-refractivity contribution < 1.29 is 0 Å². The second-order valence-electron chi connectivity index (χ2n) is 7.98. The van der Waals surface area contributed by atoms with E-state index in [-0.39, 0.29) is 5.54 Å². The van der Waals surface area contributed by atoms with Crippen LogP contribution < -0.4 is 5.32 Å². The number of unbranched alkanes of at least 4 members (excludes halogenated alkanes) is 7. The van der Waals surface area contributed by atoms with E-state index >= 15 is 0 Å². The largest absolute Gasteiger partial charge is 0.309 e. The van der Waals surface area contributed by atoms with E-state index in [0.29, 0.717) is 5.54 Å². The molecule has 2 heteroatoms. The average Bonchev–Trinajstić information content (AvgIpc) is 2.45. The van der Waals surface area contributed by atoms with Crippen LogP contribution in [-0.4, -0.2) is 35.6 Å². The summed E-state index contributed by atoms with van der Waals surface area (Å²) in [6, 6.07) is 0. The van der Waals surface area contributed by atoms with Crippen LogP contribution in [0.1, 0.15) is 92.4 Å². The molecule has 0 saturated carbocycles. The van der Waals surface area contributed by atoms with Gasteiger partial charge in [0.2, 0.25) is 0 Å². The molecule has 126 valence electrons. The maximum atomic E-state index is 3.72. The summed E-state index contributed by atoms with van der Waals surface area (Å²) in [5.74, 6) is 0.